The first-order valence-electron chi connectivity index (χ1n) is 21.1. The van der Waals surface area contributed by atoms with Gasteiger partial charge in [-0.15, -0.1) is 0 Å². The van der Waals surface area contributed by atoms with E-state index in [1.165, 1.54) is 128 Å². The molecule has 0 heterocycles. The van der Waals surface area contributed by atoms with Crippen LogP contribution in [-0.2, 0) is 28.6 Å². The molecule has 50 heavy (non-hydrogen) atoms. The molecule has 0 aromatic heterocycles. The van der Waals surface area contributed by atoms with Gasteiger partial charge in [0.1, 0.15) is 6.61 Å². The van der Waals surface area contributed by atoms with Gasteiger partial charge < -0.3 is 23.8 Å². The Kier molecular flexibility index (Phi) is 33.3. The zero-order valence-electron chi connectivity index (χ0n) is 33.6. The lowest BCUT2D eigenvalue weighted by Gasteiger charge is -2.31. The van der Waals surface area contributed by atoms with Crippen molar-refractivity contribution in [2.24, 2.45) is 0 Å². The molecular formula is C42H82NO7+. The van der Waals surface area contributed by atoms with Crippen molar-refractivity contribution in [2.45, 2.75) is 212 Å². The topological polar surface area (TPSA) is 99.1 Å². The number of likely N-dealkylation sites (N-methyl/N-ethyl adjacent to an activating group) is 1. The molecule has 1 N–H and O–H groups in total. The highest BCUT2D eigenvalue weighted by molar-refractivity contribution is 5.72. The zero-order chi connectivity index (χ0) is 37.1. The molecule has 0 rings (SSSR count). The third-order valence-corrected chi connectivity index (χ3v) is 9.76. The number of unbranched alkanes of at least 4 members (excludes halogenated alkanes) is 24. The Hall–Kier alpha value is -1.67. The van der Waals surface area contributed by atoms with Gasteiger partial charge in [-0.3, -0.25) is 9.59 Å². The molecule has 0 spiro atoms. The second kappa shape index (κ2) is 34.4. The van der Waals surface area contributed by atoms with Crippen LogP contribution in [0.2, 0.25) is 0 Å². The first-order chi connectivity index (χ1) is 24.1. The van der Waals surface area contributed by atoms with Crippen LogP contribution >= 0.6 is 0 Å². The van der Waals surface area contributed by atoms with E-state index >= 15 is 0 Å². The number of carbonyl (C=O) groups is 3. The molecule has 0 bridgehead atoms. The molecule has 0 radical (unpaired) electrons. The van der Waals surface area contributed by atoms with Crippen LogP contribution in [0.3, 0.4) is 0 Å². The summed E-state index contributed by atoms with van der Waals surface area (Å²) in [7, 11) is 5.53. The molecule has 0 saturated carbocycles. The maximum absolute atomic E-state index is 12.7. The number of rotatable bonds is 38. The summed E-state index contributed by atoms with van der Waals surface area (Å²) in [4.78, 5) is 36.8. The predicted molar refractivity (Wildman–Crippen MR) is 206 cm³/mol. The number of ether oxygens (including phenoxy) is 3. The average Bonchev–Trinajstić information content (AvgIpc) is 3.06. The Labute approximate surface area is 308 Å². The second-order valence-corrected chi connectivity index (χ2v) is 15.6. The van der Waals surface area contributed by atoms with Crippen LogP contribution in [-0.4, -0.2) is 80.6 Å². The standard InChI is InChI=1S/C42H81NO7/c1-6-8-10-12-14-16-17-18-19-20-21-22-23-25-27-29-31-33-41(45)50-38(36-48-35-34-39(42(46)47)43(3,4)5)37-49-40(44)32-30-28-26-24-15-13-11-9-7-2/h38-39H,6-37H2,1-5H3/p+1. The number of hydrogen-bond donors (Lipinski definition) is 1. The van der Waals surface area contributed by atoms with Gasteiger partial charge >= 0.3 is 17.9 Å². The van der Waals surface area contributed by atoms with Gasteiger partial charge in [0.2, 0.25) is 0 Å². The molecule has 0 aliphatic rings. The summed E-state index contributed by atoms with van der Waals surface area (Å²) in [6, 6.07) is -0.607. The highest BCUT2D eigenvalue weighted by Crippen LogP contribution is 2.16. The summed E-state index contributed by atoms with van der Waals surface area (Å²) < 4.78 is 17.2. The lowest BCUT2D eigenvalue weighted by atomic mass is 10.0. The summed E-state index contributed by atoms with van der Waals surface area (Å²) >= 11 is 0. The van der Waals surface area contributed by atoms with E-state index in [-0.39, 0.29) is 36.2 Å². The van der Waals surface area contributed by atoms with Gasteiger partial charge in [0.15, 0.2) is 12.1 Å². The molecular weight excluding hydrogens is 630 g/mol. The highest BCUT2D eigenvalue weighted by atomic mass is 16.6. The number of carbonyl (C=O) groups excluding carboxylic acids is 2. The molecule has 0 amide bonds. The number of carboxylic acid groups (broad SMARTS) is 1. The van der Waals surface area contributed by atoms with Crippen LogP contribution in [0.15, 0.2) is 0 Å². The molecule has 296 valence electrons. The normalized spacial score (nSPS) is 12.9. The third-order valence-electron chi connectivity index (χ3n) is 9.76. The predicted octanol–water partition coefficient (Wildman–Crippen LogP) is 11.0. The minimum atomic E-state index is -0.872. The fraction of sp³-hybridized carbons (Fsp3) is 0.929. The summed E-state index contributed by atoms with van der Waals surface area (Å²) in [6.07, 6.45) is 32.9. The highest BCUT2D eigenvalue weighted by Gasteiger charge is 2.31. The first kappa shape index (κ1) is 48.3. The van der Waals surface area contributed by atoms with Gasteiger partial charge in [-0.25, -0.2) is 4.79 Å². The van der Waals surface area contributed by atoms with Gasteiger partial charge in [0.25, 0.3) is 0 Å². The Morgan fingerprint density at radius 3 is 1.24 bits per heavy atom. The van der Waals surface area contributed by atoms with Gasteiger partial charge in [0.05, 0.1) is 34.4 Å². The van der Waals surface area contributed by atoms with Crippen LogP contribution in [0, 0.1) is 0 Å². The molecule has 8 nitrogen and oxygen atoms in total. The monoisotopic (exact) mass is 713 g/mol. The molecule has 0 fully saturated rings. The van der Waals surface area contributed by atoms with Crippen molar-refractivity contribution in [1.82, 2.24) is 0 Å². The molecule has 2 atom stereocenters. The number of carboxylic acids is 1. The Bertz CT molecular complexity index is 797. The summed E-state index contributed by atoms with van der Waals surface area (Å²) in [5.41, 5.74) is 0. The SMILES string of the molecule is CCCCCCCCCCCCCCCCCCCC(=O)OC(COCCC(C(=O)O)[N+](C)(C)C)COC(=O)CCCCCCCCCCC. The van der Waals surface area contributed by atoms with E-state index in [0.29, 0.717) is 19.3 Å². The van der Waals surface area contributed by atoms with Gasteiger partial charge in [-0.05, 0) is 12.8 Å². The molecule has 0 aliphatic carbocycles. The number of nitrogens with zero attached hydrogens (tertiary/aromatic N) is 1. The Morgan fingerprint density at radius 2 is 0.880 bits per heavy atom. The molecule has 0 aliphatic heterocycles. The number of quaternary nitrogens is 1. The first-order valence-corrected chi connectivity index (χ1v) is 21.1. The average molecular weight is 713 g/mol. The van der Waals surface area contributed by atoms with E-state index in [9.17, 15) is 19.5 Å². The van der Waals surface area contributed by atoms with Crippen molar-refractivity contribution in [3.05, 3.63) is 0 Å². The second-order valence-electron chi connectivity index (χ2n) is 15.6. The molecule has 0 aromatic carbocycles. The minimum Gasteiger partial charge on any atom is -0.477 e. The maximum Gasteiger partial charge on any atom is 0.362 e. The Morgan fingerprint density at radius 1 is 0.520 bits per heavy atom. The van der Waals surface area contributed by atoms with Crippen molar-refractivity contribution in [1.29, 1.82) is 0 Å². The number of esters is 2. The third kappa shape index (κ3) is 32.3. The van der Waals surface area contributed by atoms with E-state index < -0.39 is 18.1 Å². The van der Waals surface area contributed by atoms with E-state index in [4.69, 9.17) is 14.2 Å². The molecule has 2 unspecified atom stereocenters. The van der Waals surface area contributed by atoms with Crippen LogP contribution in [0.4, 0.5) is 0 Å². The molecule has 8 heteroatoms. The van der Waals surface area contributed by atoms with Crippen molar-refractivity contribution in [3.8, 4) is 0 Å². The van der Waals surface area contributed by atoms with Gasteiger partial charge in [-0.1, -0.05) is 168 Å². The number of aliphatic carboxylic acids is 1. The maximum atomic E-state index is 12.7. The van der Waals surface area contributed by atoms with Crippen LogP contribution in [0.1, 0.15) is 200 Å². The largest absolute Gasteiger partial charge is 0.477 e. The van der Waals surface area contributed by atoms with E-state index in [1.54, 1.807) is 0 Å². The quantitative estimate of drug-likeness (QED) is 0.0386. The lowest BCUT2D eigenvalue weighted by Crippen LogP contribution is -2.50. The summed E-state index contributed by atoms with van der Waals surface area (Å²) in [6.45, 7) is 4.74. The van der Waals surface area contributed by atoms with Crippen LogP contribution < -0.4 is 0 Å². The van der Waals surface area contributed by atoms with E-state index in [0.717, 1.165) is 38.5 Å². The van der Waals surface area contributed by atoms with Crippen molar-refractivity contribution < 1.29 is 38.2 Å². The van der Waals surface area contributed by atoms with Crippen molar-refractivity contribution >= 4 is 17.9 Å². The fourth-order valence-electron chi connectivity index (χ4n) is 6.45. The zero-order valence-corrected chi connectivity index (χ0v) is 33.6. The Balaban J connectivity index is 4.28. The minimum absolute atomic E-state index is 0.0429. The summed E-state index contributed by atoms with van der Waals surface area (Å²) in [5.74, 6) is -1.45. The van der Waals surface area contributed by atoms with Gasteiger partial charge in [-0.2, -0.15) is 0 Å². The summed E-state index contributed by atoms with van der Waals surface area (Å²) in [5, 5.41) is 9.59. The van der Waals surface area contributed by atoms with E-state index in [2.05, 4.69) is 13.8 Å². The van der Waals surface area contributed by atoms with Crippen molar-refractivity contribution in [3.63, 3.8) is 0 Å². The van der Waals surface area contributed by atoms with Crippen molar-refractivity contribution in [2.75, 3.05) is 41.0 Å². The molecule has 0 saturated heterocycles. The van der Waals surface area contributed by atoms with Crippen LogP contribution in [0.5, 0.6) is 0 Å². The van der Waals surface area contributed by atoms with Gasteiger partial charge in [0, 0.05) is 19.3 Å². The smallest absolute Gasteiger partial charge is 0.362 e. The fourth-order valence-corrected chi connectivity index (χ4v) is 6.45. The van der Waals surface area contributed by atoms with E-state index in [1.807, 2.05) is 21.1 Å². The molecule has 0 aromatic rings. The van der Waals surface area contributed by atoms with Crippen LogP contribution in [0.25, 0.3) is 0 Å². The number of hydrogen-bond acceptors (Lipinski definition) is 6. The lowest BCUT2D eigenvalue weighted by molar-refractivity contribution is -0.887.